The first-order valence-electron chi connectivity index (χ1n) is 4.45. The van der Waals surface area contributed by atoms with E-state index in [0.29, 0.717) is 17.4 Å². The molecule has 0 atom stereocenters. The van der Waals surface area contributed by atoms with Crippen LogP contribution in [0.5, 0.6) is 0 Å². The first-order valence-corrected chi connectivity index (χ1v) is 4.45. The van der Waals surface area contributed by atoms with E-state index in [1.54, 1.807) is 6.92 Å². The van der Waals surface area contributed by atoms with Crippen LogP contribution in [0.4, 0.5) is 10.2 Å². The van der Waals surface area contributed by atoms with Crippen LogP contribution >= 0.6 is 0 Å². The predicted molar refractivity (Wildman–Crippen MR) is 47.6 cm³/mol. The van der Waals surface area contributed by atoms with E-state index < -0.39 is 5.82 Å². The number of rotatable bonds is 2. The summed E-state index contributed by atoms with van der Waals surface area (Å²) in [6.07, 6.45) is 3.31. The van der Waals surface area contributed by atoms with E-state index in [2.05, 4.69) is 9.97 Å². The van der Waals surface area contributed by atoms with Gasteiger partial charge in [0.1, 0.15) is 5.82 Å². The molecule has 2 rings (SSSR count). The Morgan fingerprint density at radius 3 is 2.69 bits per heavy atom. The van der Waals surface area contributed by atoms with Crippen molar-refractivity contribution in [2.45, 2.75) is 26.2 Å². The molecule has 1 saturated carbocycles. The molecule has 0 bridgehead atoms. The minimum Gasteiger partial charge on any atom is -0.381 e. The Morgan fingerprint density at radius 2 is 2.15 bits per heavy atom. The number of nitrogen functional groups attached to an aromatic ring is 1. The van der Waals surface area contributed by atoms with E-state index in [0.717, 1.165) is 6.42 Å². The number of aryl methyl sites for hydroxylation is 1. The zero-order chi connectivity index (χ0) is 9.42. The standard InChI is InChI=1S/C9H12FN3/c1-5-8(10)9(11)13-7(12-5)4-6-2-3-6/h6H,2-4H2,1H3,(H2,11,12,13). The summed E-state index contributed by atoms with van der Waals surface area (Å²) in [7, 11) is 0. The van der Waals surface area contributed by atoms with Crippen molar-refractivity contribution in [3.8, 4) is 0 Å². The quantitative estimate of drug-likeness (QED) is 0.751. The molecule has 4 heteroatoms. The molecule has 1 heterocycles. The number of hydrogen-bond donors (Lipinski definition) is 1. The van der Waals surface area contributed by atoms with Crippen LogP contribution in [-0.2, 0) is 6.42 Å². The zero-order valence-electron chi connectivity index (χ0n) is 7.55. The van der Waals surface area contributed by atoms with Crippen LogP contribution in [0, 0.1) is 18.7 Å². The second-order valence-electron chi connectivity index (χ2n) is 3.57. The van der Waals surface area contributed by atoms with E-state index in [1.807, 2.05) is 0 Å². The fraction of sp³-hybridized carbons (Fsp3) is 0.556. The Kier molecular flexibility index (Phi) is 1.90. The molecule has 2 N–H and O–H groups in total. The highest BCUT2D eigenvalue weighted by Crippen LogP contribution is 2.31. The lowest BCUT2D eigenvalue weighted by atomic mass is 10.2. The molecular weight excluding hydrogens is 169 g/mol. The smallest absolute Gasteiger partial charge is 0.186 e. The van der Waals surface area contributed by atoms with Gasteiger partial charge in [-0.15, -0.1) is 0 Å². The van der Waals surface area contributed by atoms with Gasteiger partial charge in [-0.25, -0.2) is 14.4 Å². The Bertz CT molecular complexity index is 311. The van der Waals surface area contributed by atoms with Gasteiger partial charge in [-0.2, -0.15) is 0 Å². The molecule has 1 aliphatic rings. The van der Waals surface area contributed by atoms with Crippen molar-refractivity contribution in [3.63, 3.8) is 0 Å². The molecule has 13 heavy (non-hydrogen) atoms. The van der Waals surface area contributed by atoms with E-state index >= 15 is 0 Å². The van der Waals surface area contributed by atoms with Gasteiger partial charge in [-0.3, -0.25) is 0 Å². The molecule has 0 amide bonds. The normalized spacial score (nSPS) is 16.2. The van der Waals surface area contributed by atoms with Crippen molar-refractivity contribution in [3.05, 3.63) is 17.3 Å². The van der Waals surface area contributed by atoms with Crippen LogP contribution < -0.4 is 5.73 Å². The fourth-order valence-corrected chi connectivity index (χ4v) is 1.31. The summed E-state index contributed by atoms with van der Waals surface area (Å²) >= 11 is 0. The van der Waals surface area contributed by atoms with Crippen molar-refractivity contribution in [2.75, 3.05) is 5.73 Å². The molecule has 1 aromatic heterocycles. The van der Waals surface area contributed by atoms with Crippen LogP contribution in [0.2, 0.25) is 0 Å². The number of anilines is 1. The van der Waals surface area contributed by atoms with E-state index in [4.69, 9.17) is 5.73 Å². The second kappa shape index (κ2) is 2.94. The molecule has 1 fully saturated rings. The molecule has 3 nitrogen and oxygen atoms in total. The van der Waals surface area contributed by atoms with Crippen molar-refractivity contribution in [1.82, 2.24) is 9.97 Å². The van der Waals surface area contributed by atoms with Gasteiger partial charge in [-0.1, -0.05) is 0 Å². The second-order valence-corrected chi connectivity index (χ2v) is 3.57. The van der Waals surface area contributed by atoms with Crippen LogP contribution in [-0.4, -0.2) is 9.97 Å². The topological polar surface area (TPSA) is 51.8 Å². The van der Waals surface area contributed by atoms with E-state index in [-0.39, 0.29) is 5.82 Å². The van der Waals surface area contributed by atoms with Gasteiger partial charge in [0.25, 0.3) is 0 Å². The predicted octanol–water partition coefficient (Wildman–Crippen LogP) is 1.46. The van der Waals surface area contributed by atoms with Crippen LogP contribution in [0.15, 0.2) is 0 Å². The number of halogens is 1. The highest BCUT2D eigenvalue weighted by molar-refractivity contribution is 5.32. The number of nitrogens with two attached hydrogens (primary N) is 1. The third-order valence-electron chi connectivity index (χ3n) is 2.26. The van der Waals surface area contributed by atoms with Gasteiger partial charge < -0.3 is 5.73 Å². The molecule has 1 aromatic rings. The first kappa shape index (κ1) is 8.41. The third kappa shape index (κ3) is 1.76. The summed E-state index contributed by atoms with van der Waals surface area (Å²) in [4.78, 5) is 7.95. The summed E-state index contributed by atoms with van der Waals surface area (Å²) in [5, 5.41) is 0. The van der Waals surface area contributed by atoms with Crippen molar-refractivity contribution >= 4 is 5.82 Å². The maximum atomic E-state index is 13.0. The van der Waals surface area contributed by atoms with Crippen molar-refractivity contribution < 1.29 is 4.39 Å². The molecule has 0 aromatic carbocycles. The molecule has 0 spiro atoms. The van der Waals surface area contributed by atoms with Crippen LogP contribution in [0.1, 0.15) is 24.4 Å². The van der Waals surface area contributed by atoms with E-state index in [9.17, 15) is 4.39 Å². The fourth-order valence-electron chi connectivity index (χ4n) is 1.31. The van der Waals surface area contributed by atoms with Gasteiger partial charge in [0.05, 0.1) is 5.69 Å². The van der Waals surface area contributed by atoms with Gasteiger partial charge in [0, 0.05) is 6.42 Å². The van der Waals surface area contributed by atoms with Crippen molar-refractivity contribution in [2.24, 2.45) is 5.92 Å². The summed E-state index contributed by atoms with van der Waals surface area (Å²) in [6.45, 7) is 1.61. The summed E-state index contributed by atoms with van der Waals surface area (Å²) in [5.41, 5.74) is 5.74. The largest absolute Gasteiger partial charge is 0.381 e. The average molecular weight is 181 g/mol. The summed E-state index contributed by atoms with van der Waals surface area (Å²) < 4.78 is 13.0. The zero-order valence-corrected chi connectivity index (χ0v) is 7.55. The first-order chi connectivity index (χ1) is 6.16. The molecule has 0 unspecified atom stereocenters. The average Bonchev–Trinajstić information content (AvgIpc) is 2.84. The number of aromatic nitrogens is 2. The Labute approximate surface area is 76.2 Å². The van der Waals surface area contributed by atoms with Crippen molar-refractivity contribution in [1.29, 1.82) is 0 Å². The molecule has 1 aliphatic carbocycles. The molecule has 0 radical (unpaired) electrons. The molecule has 0 aliphatic heterocycles. The lowest BCUT2D eigenvalue weighted by Crippen LogP contribution is -2.06. The molecule has 70 valence electrons. The van der Waals surface area contributed by atoms with Gasteiger partial charge in [-0.05, 0) is 25.7 Å². The summed E-state index contributed by atoms with van der Waals surface area (Å²) in [6, 6.07) is 0. The van der Waals surface area contributed by atoms with Crippen LogP contribution in [0.25, 0.3) is 0 Å². The summed E-state index contributed by atoms with van der Waals surface area (Å²) in [5.74, 6) is 0.867. The molecule has 0 saturated heterocycles. The Morgan fingerprint density at radius 1 is 1.46 bits per heavy atom. The monoisotopic (exact) mass is 181 g/mol. The number of nitrogens with zero attached hydrogens (tertiary/aromatic N) is 2. The SMILES string of the molecule is Cc1nc(CC2CC2)nc(N)c1F. The maximum absolute atomic E-state index is 13.0. The van der Waals surface area contributed by atoms with Crippen LogP contribution in [0.3, 0.4) is 0 Å². The highest BCUT2D eigenvalue weighted by Gasteiger charge is 2.23. The third-order valence-corrected chi connectivity index (χ3v) is 2.26. The van der Waals surface area contributed by atoms with E-state index in [1.165, 1.54) is 12.8 Å². The molecular formula is C9H12FN3. The number of hydrogen-bond acceptors (Lipinski definition) is 3. The highest BCUT2D eigenvalue weighted by atomic mass is 19.1. The Hall–Kier alpha value is -1.19. The van der Waals surface area contributed by atoms with Gasteiger partial charge in [0.15, 0.2) is 11.6 Å². The van der Waals surface area contributed by atoms with Gasteiger partial charge in [0.2, 0.25) is 0 Å². The minimum atomic E-state index is -0.487. The Balaban J connectivity index is 2.25. The lowest BCUT2D eigenvalue weighted by Gasteiger charge is -2.03. The maximum Gasteiger partial charge on any atom is 0.186 e. The lowest BCUT2D eigenvalue weighted by molar-refractivity contribution is 0.599. The van der Waals surface area contributed by atoms with Gasteiger partial charge >= 0.3 is 0 Å². The minimum absolute atomic E-state index is 0.0249.